The minimum atomic E-state index is -1.15. The predicted molar refractivity (Wildman–Crippen MR) is 74.5 cm³/mol. The SMILES string of the molecule is O=C(O)c1ccc(C(=O)C2C3CCc4ccccc4C32)o1. The van der Waals surface area contributed by atoms with Gasteiger partial charge in [-0.3, -0.25) is 4.79 Å². The Balaban J connectivity index is 1.62. The van der Waals surface area contributed by atoms with E-state index in [1.807, 2.05) is 12.1 Å². The Labute approximate surface area is 121 Å². The molecule has 1 fully saturated rings. The van der Waals surface area contributed by atoms with Crippen LogP contribution < -0.4 is 0 Å². The summed E-state index contributed by atoms with van der Waals surface area (Å²) in [7, 11) is 0. The average molecular weight is 282 g/mol. The summed E-state index contributed by atoms with van der Waals surface area (Å²) in [5, 5.41) is 8.87. The fraction of sp³-hybridized carbons (Fsp3) is 0.294. The maximum atomic E-state index is 12.5. The van der Waals surface area contributed by atoms with Gasteiger partial charge in [-0.25, -0.2) is 4.79 Å². The van der Waals surface area contributed by atoms with Crippen LogP contribution in [0.5, 0.6) is 0 Å². The van der Waals surface area contributed by atoms with Crippen LogP contribution in [0.25, 0.3) is 0 Å². The molecule has 0 saturated heterocycles. The van der Waals surface area contributed by atoms with Crippen molar-refractivity contribution in [1.82, 2.24) is 0 Å². The van der Waals surface area contributed by atoms with Gasteiger partial charge < -0.3 is 9.52 Å². The molecule has 4 heteroatoms. The van der Waals surface area contributed by atoms with Crippen molar-refractivity contribution in [2.24, 2.45) is 11.8 Å². The minimum Gasteiger partial charge on any atom is -0.475 e. The Kier molecular flexibility index (Phi) is 2.55. The molecule has 1 aromatic heterocycles. The Hall–Kier alpha value is -2.36. The summed E-state index contributed by atoms with van der Waals surface area (Å²) in [4.78, 5) is 23.4. The molecule has 2 aliphatic rings. The molecule has 0 radical (unpaired) electrons. The molecule has 21 heavy (non-hydrogen) atoms. The number of carbonyl (C=O) groups is 2. The molecule has 1 saturated carbocycles. The second-order valence-electron chi connectivity index (χ2n) is 5.79. The van der Waals surface area contributed by atoms with Gasteiger partial charge in [-0.15, -0.1) is 0 Å². The lowest BCUT2D eigenvalue weighted by molar-refractivity contribution is 0.0659. The first-order valence-electron chi connectivity index (χ1n) is 7.12. The fourth-order valence-electron chi connectivity index (χ4n) is 3.67. The molecule has 4 nitrogen and oxygen atoms in total. The van der Waals surface area contributed by atoms with Gasteiger partial charge in [0.2, 0.25) is 11.5 Å². The van der Waals surface area contributed by atoms with Gasteiger partial charge in [-0.1, -0.05) is 24.3 Å². The number of carboxylic acid groups (broad SMARTS) is 1. The third kappa shape index (κ3) is 1.82. The number of aromatic carboxylic acids is 1. The first-order chi connectivity index (χ1) is 10.2. The molecular weight excluding hydrogens is 268 g/mol. The molecule has 4 rings (SSSR count). The lowest BCUT2D eigenvalue weighted by Crippen LogP contribution is -2.03. The Bertz CT molecular complexity index is 743. The van der Waals surface area contributed by atoms with Crippen molar-refractivity contribution in [3.8, 4) is 0 Å². The Morgan fingerprint density at radius 2 is 1.86 bits per heavy atom. The largest absolute Gasteiger partial charge is 0.475 e. The summed E-state index contributed by atoms with van der Waals surface area (Å²) < 4.78 is 5.15. The van der Waals surface area contributed by atoms with E-state index < -0.39 is 5.97 Å². The van der Waals surface area contributed by atoms with Gasteiger partial charge in [0.15, 0.2) is 5.76 Å². The topological polar surface area (TPSA) is 67.5 Å². The van der Waals surface area contributed by atoms with Crippen LogP contribution >= 0.6 is 0 Å². The highest BCUT2D eigenvalue weighted by Crippen LogP contribution is 2.60. The van der Waals surface area contributed by atoms with Crippen LogP contribution in [0.4, 0.5) is 0 Å². The van der Waals surface area contributed by atoms with E-state index in [0.717, 1.165) is 12.8 Å². The van der Waals surface area contributed by atoms with Crippen molar-refractivity contribution in [1.29, 1.82) is 0 Å². The zero-order valence-electron chi connectivity index (χ0n) is 11.3. The van der Waals surface area contributed by atoms with E-state index in [2.05, 4.69) is 12.1 Å². The summed E-state index contributed by atoms with van der Waals surface area (Å²) in [6, 6.07) is 11.1. The number of rotatable bonds is 3. The quantitative estimate of drug-likeness (QED) is 0.878. The second-order valence-corrected chi connectivity index (χ2v) is 5.79. The van der Waals surface area contributed by atoms with Crippen molar-refractivity contribution < 1.29 is 19.1 Å². The summed E-state index contributed by atoms with van der Waals surface area (Å²) in [5.41, 5.74) is 2.61. The maximum Gasteiger partial charge on any atom is 0.371 e. The molecule has 0 amide bonds. The highest BCUT2D eigenvalue weighted by atomic mass is 16.4. The number of hydrogen-bond donors (Lipinski definition) is 1. The van der Waals surface area contributed by atoms with Crippen LogP contribution in [0.3, 0.4) is 0 Å². The molecule has 1 N–H and O–H groups in total. The lowest BCUT2D eigenvalue weighted by Gasteiger charge is -2.13. The van der Waals surface area contributed by atoms with Crippen LogP contribution in [0, 0.1) is 11.8 Å². The van der Waals surface area contributed by atoms with Crippen LogP contribution in [-0.2, 0) is 6.42 Å². The lowest BCUT2D eigenvalue weighted by atomic mass is 9.92. The average Bonchev–Trinajstić information content (AvgIpc) is 3.02. The van der Waals surface area contributed by atoms with E-state index in [1.165, 1.54) is 23.3 Å². The molecule has 0 aliphatic heterocycles. The van der Waals surface area contributed by atoms with Crippen molar-refractivity contribution >= 4 is 11.8 Å². The number of ketones is 1. The third-order valence-corrected chi connectivity index (χ3v) is 4.69. The zero-order valence-corrected chi connectivity index (χ0v) is 11.3. The molecule has 1 heterocycles. The molecule has 0 spiro atoms. The highest BCUT2D eigenvalue weighted by Gasteiger charge is 2.57. The number of carbonyl (C=O) groups excluding carboxylic acids is 1. The van der Waals surface area contributed by atoms with Gasteiger partial charge in [0.05, 0.1) is 0 Å². The molecule has 0 bridgehead atoms. The number of carboxylic acids is 1. The van der Waals surface area contributed by atoms with Crippen LogP contribution in [0.2, 0.25) is 0 Å². The van der Waals surface area contributed by atoms with Crippen molar-refractivity contribution in [2.75, 3.05) is 0 Å². The smallest absolute Gasteiger partial charge is 0.371 e. The Morgan fingerprint density at radius 3 is 2.62 bits per heavy atom. The van der Waals surface area contributed by atoms with E-state index in [9.17, 15) is 9.59 Å². The minimum absolute atomic E-state index is 0.0542. The van der Waals surface area contributed by atoms with Crippen molar-refractivity contribution in [3.63, 3.8) is 0 Å². The van der Waals surface area contributed by atoms with Crippen LogP contribution in [0.15, 0.2) is 40.8 Å². The standard InChI is InChI=1S/C17H14O4/c18-16(12-7-8-13(21-12)17(19)20)15-11-6-5-9-3-1-2-4-10(9)14(11)15/h1-4,7-8,11,14-15H,5-6H2,(H,19,20). The van der Waals surface area contributed by atoms with Gasteiger partial charge in [0.25, 0.3) is 0 Å². The van der Waals surface area contributed by atoms with Gasteiger partial charge >= 0.3 is 5.97 Å². The van der Waals surface area contributed by atoms with Gasteiger partial charge in [0, 0.05) is 5.92 Å². The summed E-state index contributed by atoms with van der Waals surface area (Å²) >= 11 is 0. The third-order valence-electron chi connectivity index (χ3n) is 4.69. The second kappa shape index (κ2) is 4.32. The zero-order chi connectivity index (χ0) is 14.6. The Morgan fingerprint density at radius 1 is 1.10 bits per heavy atom. The molecule has 3 atom stereocenters. The van der Waals surface area contributed by atoms with Gasteiger partial charge in [-0.2, -0.15) is 0 Å². The van der Waals surface area contributed by atoms with Crippen LogP contribution in [-0.4, -0.2) is 16.9 Å². The molecule has 2 aliphatic carbocycles. The predicted octanol–water partition coefficient (Wildman–Crippen LogP) is 3.14. The van der Waals surface area contributed by atoms with Crippen molar-refractivity contribution in [2.45, 2.75) is 18.8 Å². The summed E-state index contributed by atoms with van der Waals surface area (Å²) in [6.45, 7) is 0. The number of furan rings is 1. The van der Waals surface area contributed by atoms with E-state index in [4.69, 9.17) is 9.52 Å². The number of hydrogen-bond acceptors (Lipinski definition) is 3. The maximum absolute atomic E-state index is 12.5. The van der Waals surface area contributed by atoms with Crippen LogP contribution in [0.1, 0.15) is 44.6 Å². The number of fused-ring (bicyclic) bond motifs is 3. The number of benzene rings is 1. The summed E-state index contributed by atoms with van der Waals surface area (Å²) in [5.74, 6) is -0.610. The number of Topliss-reactive ketones (excluding diaryl/α,β-unsaturated/α-hetero) is 1. The molecule has 3 unspecified atom stereocenters. The van der Waals surface area contributed by atoms with Gasteiger partial charge in [-0.05, 0) is 47.9 Å². The fourth-order valence-corrected chi connectivity index (χ4v) is 3.67. The van der Waals surface area contributed by atoms with E-state index in [1.54, 1.807) is 0 Å². The molecular formula is C17H14O4. The first-order valence-corrected chi connectivity index (χ1v) is 7.12. The normalized spacial score (nSPS) is 25.8. The van der Waals surface area contributed by atoms with E-state index in [0.29, 0.717) is 5.92 Å². The van der Waals surface area contributed by atoms with Gasteiger partial charge in [0.1, 0.15) is 0 Å². The number of aryl methyl sites for hydroxylation is 1. The molecule has 2 aromatic rings. The van der Waals surface area contributed by atoms with E-state index in [-0.39, 0.29) is 29.1 Å². The van der Waals surface area contributed by atoms with E-state index >= 15 is 0 Å². The first kappa shape index (κ1) is 12.4. The summed E-state index contributed by atoms with van der Waals surface area (Å²) in [6.07, 6.45) is 2.03. The molecule has 106 valence electrons. The highest BCUT2D eigenvalue weighted by molar-refractivity contribution is 5.99. The van der Waals surface area contributed by atoms with Crippen molar-refractivity contribution in [3.05, 3.63) is 59.0 Å². The monoisotopic (exact) mass is 282 g/mol. The molecule has 1 aromatic carbocycles.